The van der Waals surface area contributed by atoms with Gasteiger partial charge in [0.05, 0.1) is 12.7 Å². The molecule has 0 atom stereocenters. The number of hydrogen-bond acceptors (Lipinski definition) is 6. The standard InChI is InChI=1S/C16H21N3O2.O3S/c1-12(2)15-8-18-19(10-15)9-13-5-4-6-14(7-13)11-21-16(20)17-3;1-4(2)3/h4-8,10,12H,9,11H2,1-3H3,(H,17,20);. The molecule has 8 nitrogen and oxygen atoms in total. The molecule has 1 N–H and O–H groups in total. The van der Waals surface area contributed by atoms with Crippen molar-refractivity contribution >= 4 is 16.7 Å². The Bertz CT molecular complexity index is 793. The van der Waals surface area contributed by atoms with Gasteiger partial charge in [-0.25, -0.2) is 4.79 Å². The molecule has 25 heavy (non-hydrogen) atoms. The highest BCUT2D eigenvalue weighted by molar-refractivity contribution is 7.59. The topological polar surface area (TPSA) is 107 Å². The molecule has 0 bridgehead atoms. The maximum atomic E-state index is 11.1. The van der Waals surface area contributed by atoms with E-state index in [0.29, 0.717) is 12.5 Å². The molecular weight excluding hydrogens is 346 g/mol. The molecule has 1 heterocycles. The normalized spacial score (nSPS) is 9.92. The molecule has 0 saturated heterocycles. The first-order valence-corrected chi connectivity index (χ1v) is 8.53. The number of aromatic nitrogens is 2. The molecule has 136 valence electrons. The van der Waals surface area contributed by atoms with Gasteiger partial charge in [-0.05, 0) is 22.6 Å². The number of benzene rings is 1. The van der Waals surface area contributed by atoms with Gasteiger partial charge in [-0.15, -0.1) is 12.6 Å². The molecule has 0 unspecified atom stereocenters. The van der Waals surface area contributed by atoms with E-state index < -0.39 is 16.7 Å². The summed E-state index contributed by atoms with van der Waals surface area (Å²) in [7, 11) is -1.57. The number of nitrogens with one attached hydrogen (secondary N) is 1. The number of carbonyl (C=O) groups is 1. The molecule has 0 aliphatic rings. The van der Waals surface area contributed by atoms with Gasteiger partial charge in [-0.1, -0.05) is 38.1 Å². The Kier molecular flexibility index (Phi) is 8.34. The first-order chi connectivity index (χ1) is 11.8. The summed E-state index contributed by atoms with van der Waals surface area (Å²) in [5.74, 6) is 0.478. The summed E-state index contributed by atoms with van der Waals surface area (Å²) in [5, 5.41) is 6.80. The quantitative estimate of drug-likeness (QED) is 0.865. The first kappa shape index (κ1) is 20.4. The van der Waals surface area contributed by atoms with Crippen molar-refractivity contribution < 1.29 is 22.2 Å². The van der Waals surface area contributed by atoms with Crippen molar-refractivity contribution in [3.05, 3.63) is 53.3 Å². The SMILES string of the molecule is CNC(=O)OCc1cccc(Cn2cc(C(C)C)cn2)c1.O=S(=O)=O. The summed E-state index contributed by atoms with van der Waals surface area (Å²) in [5.41, 5.74) is 3.33. The summed E-state index contributed by atoms with van der Waals surface area (Å²) in [6.07, 6.45) is 3.55. The van der Waals surface area contributed by atoms with Gasteiger partial charge in [0, 0.05) is 13.2 Å². The van der Waals surface area contributed by atoms with Gasteiger partial charge in [-0.2, -0.15) is 5.10 Å². The highest BCUT2D eigenvalue weighted by atomic mass is 32.2. The molecule has 2 aromatic rings. The van der Waals surface area contributed by atoms with E-state index in [2.05, 4.69) is 30.5 Å². The van der Waals surface area contributed by atoms with Crippen LogP contribution in [0.25, 0.3) is 0 Å². The molecule has 1 aromatic heterocycles. The van der Waals surface area contributed by atoms with E-state index in [1.807, 2.05) is 35.1 Å². The summed E-state index contributed by atoms with van der Waals surface area (Å²) < 4.78 is 32.3. The Morgan fingerprint density at radius 3 is 2.48 bits per heavy atom. The van der Waals surface area contributed by atoms with Gasteiger partial charge in [0.15, 0.2) is 0 Å². The van der Waals surface area contributed by atoms with Gasteiger partial charge >= 0.3 is 16.7 Å². The van der Waals surface area contributed by atoms with E-state index in [4.69, 9.17) is 17.4 Å². The van der Waals surface area contributed by atoms with E-state index in [1.54, 1.807) is 7.05 Å². The van der Waals surface area contributed by atoms with Crippen LogP contribution in [0.5, 0.6) is 0 Å². The minimum atomic E-state index is -3.11. The van der Waals surface area contributed by atoms with Crippen molar-refractivity contribution in [1.82, 2.24) is 15.1 Å². The predicted octanol–water partition coefficient (Wildman–Crippen LogP) is 1.91. The number of nitrogens with zero attached hydrogens (tertiary/aromatic N) is 2. The third kappa shape index (κ3) is 8.11. The number of rotatable bonds is 5. The van der Waals surface area contributed by atoms with Gasteiger partial charge in [0.25, 0.3) is 0 Å². The number of hydrogen-bond donors (Lipinski definition) is 1. The van der Waals surface area contributed by atoms with Crippen LogP contribution in [0, 0.1) is 0 Å². The highest BCUT2D eigenvalue weighted by Crippen LogP contribution is 2.14. The second-order valence-electron chi connectivity index (χ2n) is 5.48. The van der Waals surface area contributed by atoms with E-state index in [0.717, 1.165) is 11.1 Å². The molecule has 0 fully saturated rings. The van der Waals surface area contributed by atoms with E-state index in [9.17, 15) is 4.79 Å². The van der Waals surface area contributed by atoms with Crippen molar-refractivity contribution in [2.45, 2.75) is 32.9 Å². The van der Waals surface area contributed by atoms with Gasteiger partial charge in [0.2, 0.25) is 0 Å². The van der Waals surface area contributed by atoms with Crippen LogP contribution in [-0.2, 0) is 28.5 Å². The lowest BCUT2D eigenvalue weighted by Crippen LogP contribution is -2.18. The van der Waals surface area contributed by atoms with Crippen LogP contribution in [-0.4, -0.2) is 35.5 Å². The molecule has 0 saturated carbocycles. The van der Waals surface area contributed by atoms with Crippen LogP contribution >= 0.6 is 0 Å². The molecule has 9 heteroatoms. The number of amides is 1. The van der Waals surface area contributed by atoms with Crippen LogP contribution < -0.4 is 5.32 Å². The van der Waals surface area contributed by atoms with Crippen LogP contribution in [0.4, 0.5) is 4.79 Å². The highest BCUT2D eigenvalue weighted by Gasteiger charge is 2.05. The fourth-order valence-electron chi connectivity index (χ4n) is 1.99. The smallest absolute Gasteiger partial charge is 0.425 e. The van der Waals surface area contributed by atoms with Crippen LogP contribution in [0.15, 0.2) is 36.7 Å². The minimum Gasteiger partial charge on any atom is -0.445 e. The lowest BCUT2D eigenvalue weighted by atomic mass is 10.1. The molecule has 1 aromatic carbocycles. The number of ether oxygens (including phenoxy) is 1. The Labute approximate surface area is 147 Å². The fraction of sp³-hybridized carbons (Fsp3) is 0.375. The molecule has 2 rings (SSSR count). The van der Waals surface area contributed by atoms with E-state index in [-0.39, 0.29) is 6.61 Å². The first-order valence-electron chi connectivity index (χ1n) is 7.53. The molecule has 0 aliphatic heterocycles. The average Bonchev–Trinajstić information content (AvgIpc) is 3.01. The predicted molar refractivity (Wildman–Crippen MR) is 90.8 cm³/mol. The van der Waals surface area contributed by atoms with E-state index >= 15 is 0 Å². The monoisotopic (exact) mass is 367 g/mol. The summed E-state index contributed by atoms with van der Waals surface area (Å²) >= 11 is 0. The maximum Gasteiger partial charge on any atom is 0.425 e. The lowest BCUT2D eigenvalue weighted by molar-refractivity contribution is 0.142. The van der Waals surface area contributed by atoms with Crippen molar-refractivity contribution in [3.63, 3.8) is 0 Å². The Morgan fingerprint density at radius 2 is 1.92 bits per heavy atom. The van der Waals surface area contributed by atoms with Crippen molar-refractivity contribution in [3.8, 4) is 0 Å². The minimum absolute atomic E-state index is 0.268. The van der Waals surface area contributed by atoms with Crippen LogP contribution in [0.1, 0.15) is 36.5 Å². The zero-order valence-electron chi connectivity index (χ0n) is 14.3. The third-order valence-electron chi connectivity index (χ3n) is 3.23. The van der Waals surface area contributed by atoms with E-state index in [1.165, 1.54) is 5.56 Å². The summed E-state index contributed by atoms with van der Waals surface area (Å²) in [4.78, 5) is 11.1. The zero-order valence-corrected chi connectivity index (χ0v) is 15.1. The van der Waals surface area contributed by atoms with Crippen molar-refractivity contribution in [2.75, 3.05) is 7.05 Å². The molecule has 0 aliphatic carbocycles. The second kappa shape index (κ2) is 10.2. The zero-order chi connectivity index (χ0) is 18.8. The number of alkyl carbamates (subject to hydrolysis) is 1. The van der Waals surface area contributed by atoms with Gasteiger partial charge < -0.3 is 10.1 Å². The van der Waals surface area contributed by atoms with Crippen molar-refractivity contribution in [2.24, 2.45) is 0 Å². The third-order valence-corrected chi connectivity index (χ3v) is 3.23. The average molecular weight is 367 g/mol. The second-order valence-corrected chi connectivity index (χ2v) is 5.88. The Hall–Kier alpha value is -2.68. The largest absolute Gasteiger partial charge is 0.445 e. The lowest BCUT2D eigenvalue weighted by Gasteiger charge is -2.07. The molecule has 0 radical (unpaired) electrons. The molecule has 0 spiro atoms. The number of carbonyl (C=O) groups excluding carboxylic acids is 1. The van der Waals surface area contributed by atoms with Gasteiger partial charge in [0.1, 0.15) is 6.61 Å². The fourth-order valence-corrected chi connectivity index (χ4v) is 1.99. The van der Waals surface area contributed by atoms with Crippen LogP contribution in [0.2, 0.25) is 0 Å². The van der Waals surface area contributed by atoms with Crippen LogP contribution in [0.3, 0.4) is 0 Å². The van der Waals surface area contributed by atoms with Crippen molar-refractivity contribution in [1.29, 1.82) is 0 Å². The summed E-state index contributed by atoms with van der Waals surface area (Å²) in [6, 6.07) is 7.97. The summed E-state index contributed by atoms with van der Waals surface area (Å²) in [6.45, 7) is 5.28. The Morgan fingerprint density at radius 1 is 1.28 bits per heavy atom. The molecule has 1 amide bonds. The molecular formula is C16H21N3O5S. The Balaban J connectivity index is 0.000000705. The maximum absolute atomic E-state index is 11.1. The van der Waals surface area contributed by atoms with Gasteiger partial charge in [-0.3, -0.25) is 4.68 Å².